The predicted octanol–water partition coefficient (Wildman–Crippen LogP) is 3.22. The molecule has 0 saturated heterocycles. The second-order valence-electron chi connectivity index (χ2n) is 6.12. The minimum atomic E-state index is -0.710. The molecule has 0 fully saturated rings. The van der Waals surface area contributed by atoms with Crippen LogP contribution in [-0.4, -0.2) is 22.0 Å². The van der Waals surface area contributed by atoms with Gasteiger partial charge in [-0.15, -0.1) is 24.8 Å². The number of imidazole rings is 1. The minimum absolute atomic E-state index is 0. The van der Waals surface area contributed by atoms with Crippen LogP contribution in [0.5, 0.6) is 0 Å². The van der Waals surface area contributed by atoms with Gasteiger partial charge in [-0.3, -0.25) is 4.79 Å². The van der Waals surface area contributed by atoms with Gasteiger partial charge in [-0.05, 0) is 24.6 Å². The Morgan fingerprint density at radius 3 is 2.52 bits per heavy atom. The maximum Gasteiger partial charge on any atom is 0.241 e. The van der Waals surface area contributed by atoms with Crippen LogP contribution < -0.4 is 11.1 Å². The monoisotopic (exact) mass is 412 g/mol. The zero-order valence-electron chi connectivity index (χ0n) is 15.1. The summed E-state index contributed by atoms with van der Waals surface area (Å²) in [4.78, 5) is 16.5. The molecule has 1 unspecified atom stereocenters. The number of halogens is 3. The second kappa shape index (κ2) is 9.69. The molecule has 2 aromatic carbocycles. The van der Waals surface area contributed by atoms with Gasteiger partial charge in [0.15, 0.2) is 5.82 Å². The number of carbonyl (C=O) groups is 1. The van der Waals surface area contributed by atoms with Crippen LogP contribution in [0.2, 0.25) is 0 Å². The molecular weight excluding hydrogens is 390 g/mol. The number of aromatic nitrogens is 2. The van der Waals surface area contributed by atoms with Crippen molar-refractivity contribution in [3.8, 4) is 0 Å². The molecule has 3 aromatic rings. The average molecular weight is 413 g/mol. The highest BCUT2D eigenvalue weighted by molar-refractivity contribution is 5.85. The highest BCUT2D eigenvalue weighted by atomic mass is 35.5. The first-order chi connectivity index (χ1) is 12.0. The molecule has 1 heterocycles. The highest BCUT2D eigenvalue weighted by Crippen LogP contribution is 2.18. The summed E-state index contributed by atoms with van der Waals surface area (Å²) in [6.45, 7) is 2.37. The van der Waals surface area contributed by atoms with Crippen LogP contribution in [0.15, 0.2) is 42.5 Å². The number of para-hydroxylation sites is 1. The normalized spacial score (nSPS) is 11.4. The van der Waals surface area contributed by atoms with Crippen molar-refractivity contribution < 1.29 is 9.18 Å². The van der Waals surface area contributed by atoms with Gasteiger partial charge in [0.2, 0.25) is 5.91 Å². The topological polar surface area (TPSA) is 72.9 Å². The summed E-state index contributed by atoms with van der Waals surface area (Å²) in [5.74, 6) is 0.128. The van der Waals surface area contributed by atoms with Crippen molar-refractivity contribution in [1.29, 1.82) is 0 Å². The third-order valence-electron chi connectivity index (χ3n) is 4.32. The van der Waals surface area contributed by atoms with Gasteiger partial charge in [-0.1, -0.05) is 35.9 Å². The van der Waals surface area contributed by atoms with E-state index in [0.717, 1.165) is 16.6 Å². The summed E-state index contributed by atoms with van der Waals surface area (Å²) >= 11 is 0. The standard InChI is InChI=1S/C19H21FN4O.2ClH/c1-12-6-8-13(9-7-12)17(21)19(25)22-11-10-16-23-18-14(20)4-3-5-15(18)24(16)2;;/h3-9,17H,10-11,21H2,1-2H3,(H,22,25);2*1H. The van der Waals surface area contributed by atoms with Crippen LogP contribution >= 0.6 is 24.8 Å². The van der Waals surface area contributed by atoms with Gasteiger partial charge in [0.25, 0.3) is 0 Å². The van der Waals surface area contributed by atoms with Crippen LogP contribution in [0.1, 0.15) is 23.0 Å². The first-order valence-electron chi connectivity index (χ1n) is 8.17. The number of fused-ring (bicyclic) bond motifs is 1. The van der Waals surface area contributed by atoms with E-state index in [1.165, 1.54) is 6.07 Å². The Labute approximate surface area is 170 Å². The van der Waals surface area contributed by atoms with Gasteiger partial charge >= 0.3 is 0 Å². The first-order valence-corrected chi connectivity index (χ1v) is 8.17. The Bertz CT molecular complexity index is 912. The largest absolute Gasteiger partial charge is 0.354 e. The van der Waals surface area contributed by atoms with E-state index in [1.54, 1.807) is 6.07 Å². The summed E-state index contributed by atoms with van der Waals surface area (Å²) in [7, 11) is 1.84. The zero-order chi connectivity index (χ0) is 18.0. The van der Waals surface area contributed by atoms with E-state index in [1.807, 2.05) is 48.9 Å². The molecule has 0 aliphatic heterocycles. The minimum Gasteiger partial charge on any atom is -0.354 e. The van der Waals surface area contributed by atoms with E-state index >= 15 is 0 Å². The molecule has 5 nitrogen and oxygen atoms in total. The summed E-state index contributed by atoms with van der Waals surface area (Å²) < 4.78 is 15.6. The molecule has 27 heavy (non-hydrogen) atoms. The molecule has 146 valence electrons. The Morgan fingerprint density at radius 2 is 1.89 bits per heavy atom. The summed E-state index contributed by atoms with van der Waals surface area (Å²) in [5.41, 5.74) is 8.97. The average Bonchev–Trinajstić information content (AvgIpc) is 2.93. The molecule has 0 radical (unpaired) electrons. The first kappa shape index (κ1) is 22.9. The highest BCUT2D eigenvalue weighted by Gasteiger charge is 2.16. The molecule has 0 aliphatic carbocycles. The molecule has 1 aromatic heterocycles. The Morgan fingerprint density at radius 1 is 1.22 bits per heavy atom. The van der Waals surface area contributed by atoms with E-state index < -0.39 is 6.04 Å². The van der Waals surface area contributed by atoms with Gasteiger partial charge in [-0.2, -0.15) is 0 Å². The van der Waals surface area contributed by atoms with E-state index in [0.29, 0.717) is 24.3 Å². The molecule has 1 atom stereocenters. The van der Waals surface area contributed by atoms with Gasteiger partial charge in [0.05, 0.1) is 5.52 Å². The van der Waals surface area contributed by atoms with Gasteiger partial charge in [-0.25, -0.2) is 9.37 Å². The fraction of sp³-hybridized carbons (Fsp3) is 0.263. The van der Waals surface area contributed by atoms with Gasteiger partial charge < -0.3 is 15.6 Å². The lowest BCUT2D eigenvalue weighted by Gasteiger charge is -2.13. The number of aryl methyl sites for hydroxylation is 2. The molecule has 0 aliphatic rings. The van der Waals surface area contributed by atoms with E-state index in [4.69, 9.17) is 5.73 Å². The van der Waals surface area contributed by atoms with Crippen molar-refractivity contribution in [3.05, 3.63) is 65.2 Å². The summed E-state index contributed by atoms with van der Waals surface area (Å²) in [6.07, 6.45) is 0.497. The fourth-order valence-corrected chi connectivity index (χ4v) is 2.78. The third kappa shape index (κ3) is 4.97. The third-order valence-corrected chi connectivity index (χ3v) is 4.32. The molecular formula is C19H23Cl2FN4O. The van der Waals surface area contributed by atoms with Gasteiger partial charge in [0, 0.05) is 20.0 Å². The smallest absolute Gasteiger partial charge is 0.241 e. The van der Waals surface area contributed by atoms with Crippen molar-refractivity contribution >= 4 is 41.8 Å². The number of carbonyl (C=O) groups excluding carboxylic acids is 1. The number of rotatable bonds is 5. The maximum atomic E-state index is 13.8. The molecule has 0 saturated carbocycles. The number of nitrogens with one attached hydrogen (secondary N) is 1. The molecule has 1 amide bonds. The fourth-order valence-electron chi connectivity index (χ4n) is 2.78. The van der Waals surface area contributed by atoms with E-state index in [9.17, 15) is 9.18 Å². The molecule has 0 bridgehead atoms. The van der Waals surface area contributed by atoms with Crippen LogP contribution in [-0.2, 0) is 18.3 Å². The van der Waals surface area contributed by atoms with Crippen molar-refractivity contribution in [2.45, 2.75) is 19.4 Å². The second-order valence-corrected chi connectivity index (χ2v) is 6.12. The molecule has 3 rings (SSSR count). The Kier molecular flexibility index (Phi) is 8.21. The molecule has 8 heteroatoms. The number of nitrogens with two attached hydrogens (primary N) is 1. The number of amides is 1. The van der Waals surface area contributed by atoms with Crippen LogP contribution in [0, 0.1) is 12.7 Å². The predicted molar refractivity (Wildman–Crippen MR) is 110 cm³/mol. The lowest BCUT2D eigenvalue weighted by Crippen LogP contribution is -2.35. The van der Waals surface area contributed by atoms with E-state index in [-0.39, 0.29) is 36.5 Å². The molecule has 3 N–H and O–H groups in total. The van der Waals surface area contributed by atoms with E-state index in [2.05, 4.69) is 10.3 Å². The quantitative estimate of drug-likeness (QED) is 0.675. The number of hydrogen-bond acceptors (Lipinski definition) is 3. The van der Waals surface area contributed by atoms with Crippen molar-refractivity contribution in [2.24, 2.45) is 12.8 Å². The lowest BCUT2D eigenvalue weighted by molar-refractivity contribution is -0.122. The summed E-state index contributed by atoms with van der Waals surface area (Å²) in [5, 5.41) is 2.82. The van der Waals surface area contributed by atoms with Crippen LogP contribution in [0.25, 0.3) is 11.0 Å². The molecule has 0 spiro atoms. The zero-order valence-corrected chi connectivity index (χ0v) is 16.7. The lowest BCUT2D eigenvalue weighted by atomic mass is 10.1. The Balaban J connectivity index is 0.00000182. The summed E-state index contributed by atoms with van der Waals surface area (Å²) in [6, 6.07) is 11.7. The van der Waals surface area contributed by atoms with Crippen LogP contribution in [0.3, 0.4) is 0 Å². The SMILES string of the molecule is Cc1ccc(C(N)C(=O)NCCc2nc3c(F)cccc3n2C)cc1.Cl.Cl. The number of hydrogen-bond donors (Lipinski definition) is 2. The van der Waals surface area contributed by atoms with Crippen molar-refractivity contribution in [1.82, 2.24) is 14.9 Å². The Hall–Kier alpha value is -2.15. The van der Waals surface area contributed by atoms with Gasteiger partial charge in [0.1, 0.15) is 17.4 Å². The van der Waals surface area contributed by atoms with Crippen molar-refractivity contribution in [2.75, 3.05) is 6.54 Å². The maximum absolute atomic E-state index is 13.8. The number of benzene rings is 2. The van der Waals surface area contributed by atoms with Crippen LogP contribution in [0.4, 0.5) is 4.39 Å². The van der Waals surface area contributed by atoms with Crippen molar-refractivity contribution in [3.63, 3.8) is 0 Å². The number of nitrogens with zero attached hydrogens (tertiary/aromatic N) is 2.